The minimum absolute atomic E-state index is 0.124. The molecule has 0 aliphatic carbocycles. The number of carbonyl (C=O) groups excluding carboxylic acids is 2. The fraction of sp³-hybridized carbons (Fsp3) is 0.500. The minimum atomic E-state index is -0.645. The van der Waals surface area contributed by atoms with Crippen molar-refractivity contribution in [2.45, 2.75) is 37.8 Å². The van der Waals surface area contributed by atoms with E-state index in [1.165, 1.54) is 7.11 Å². The van der Waals surface area contributed by atoms with Crippen LogP contribution in [0.1, 0.15) is 24.8 Å². The maximum Gasteiger partial charge on any atom is 0.328 e. The van der Waals surface area contributed by atoms with Crippen LogP contribution in [0.25, 0.3) is 0 Å². The van der Waals surface area contributed by atoms with Gasteiger partial charge in [0.25, 0.3) is 0 Å². The first-order chi connectivity index (χ1) is 10.2. The van der Waals surface area contributed by atoms with Crippen LogP contribution in [0.2, 0.25) is 0 Å². The van der Waals surface area contributed by atoms with Crippen LogP contribution in [0.15, 0.2) is 30.3 Å². The molecule has 1 fully saturated rings. The molecule has 2 atom stereocenters. The van der Waals surface area contributed by atoms with Gasteiger partial charge in [-0.25, -0.2) is 4.79 Å². The third kappa shape index (κ3) is 4.56. The number of carbonyl (C=O) groups is 2. The van der Waals surface area contributed by atoms with Gasteiger partial charge < -0.3 is 15.4 Å². The fourth-order valence-corrected chi connectivity index (χ4v) is 2.53. The predicted molar refractivity (Wildman–Crippen MR) is 79.7 cm³/mol. The van der Waals surface area contributed by atoms with E-state index in [-0.39, 0.29) is 11.9 Å². The molecule has 0 spiro atoms. The normalized spacial score (nSPS) is 19.6. The quantitative estimate of drug-likeness (QED) is 0.795. The SMILES string of the molecule is COC(=O)C(Cc1ccccc1)NC(=O)C1CCCCN1. The molecule has 21 heavy (non-hydrogen) atoms. The van der Waals surface area contributed by atoms with Crippen LogP contribution < -0.4 is 10.6 Å². The predicted octanol–water partition coefficient (Wildman–Crippen LogP) is 1.03. The van der Waals surface area contributed by atoms with Crippen LogP contribution in [-0.4, -0.2) is 37.6 Å². The van der Waals surface area contributed by atoms with Crippen molar-refractivity contribution in [1.29, 1.82) is 0 Å². The molecule has 1 amide bonds. The number of esters is 1. The van der Waals surface area contributed by atoms with E-state index in [0.29, 0.717) is 6.42 Å². The highest BCUT2D eigenvalue weighted by Crippen LogP contribution is 2.09. The zero-order valence-electron chi connectivity index (χ0n) is 12.3. The van der Waals surface area contributed by atoms with E-state index >= 15 is 0 Å². The first kappa shape index (κ1) is 15.5. The number of hydrogen-bond acceptors (Lipinski definition) is 4. The minimum Gasteiger partial charge on any atom is -0.467 e. The molecule has 1 saturated heterocycles. The average molecular weight is 290 g/mol. The lowest BCUT2D eigenvalue weighted by atomic mass is 10.0. The standard InChI is InChI=1S/C16H22N2O3/c1-21-16(20)14(11-12-7-3-2-4-8-12)18-15(19)13-9-5-6-10-17-13/h2-4,7-8,13-14,17H,5-6,9-11H2,1H3,(H,18,19). The zero-order valence-corrected chi connectivity index (χ0v) is 12.3. The Labute approximate surface area is 125 Å². The first-order valence-corrected chi connectivity index (χ1v) is 7.36. The number of benzene rings is 1. The summed E-state index contributed by atoms with van der Waals surface area (Å²) in [5.41, 5.74) is 0.991. The van der Waals surface area contributed by atoms with E-state index < -0.39 is 12.0 Å². The summed E-state index contributed by atoms with van der Waals surface area (Å²) in [6.07, 6.45) is 3.37. The highest BCUT2D eigenvalue weighted by atomic mass is 16.5. The summed E-state index contributed by atoms with van der Waals surface area (Å²) < 4.78 is 4.80. The summed E-state index contributed by atoms with van der Waals surface area (Å²) in [5.74, 6) is -0.538. The molecule has 0 aromatic heterocycles. The van der Waals surface area contributed by atoms with Crippen molar-refractivity contribution < 1.29 is 14.3 Å². The number of rotatable bonds is 5. The lowest BCUT2D eigenvalue weighted by Gasteiger charge is -2.25. The largest absolute Gasteiger partial charge is 0.467 e. The summed E-state index contributed by atoms with van der Waals surface area (Å²) in [4.78, 5) is 24.1. The number of methoxy groups -OCH3 is 1. The van der Waals surface area contributed by atoms with Gasteiger partial charge in [0, 0.05) is 6.42 Å². The van der Waals surface area contributed by atoms with Gasteiger partial charge in [-0.05, 0) is 24.9 Å². The van der Waals surface area contributed by atoms with Gasteiger partial charge in [0.05, 0.1) is 13.2 Å². The van der Waals surface area contributed by atoms with E-state index in [1.54, 1.807) is 0 Å². The number of piperidine rings is 1. The molecule has 2 unspecified atom stereocenters. The fourth-order valence-electron chi connectivity index (χ4n) is 2.53. The summed E-state index contributed by atoms with van der Waals surface area (Å²) in [6.45, 7) is 0.847. The molecule has 2 N–H and O–H groups in total. The van der Waals surface area contributed by atoms with Gasteiger partial charge in [-0.1, -0.05) is 36.8 Å². The van der Waals surface area contributed by atoms with Gasteiger partial charge >= 0.3 is 5.97 Å². The first-order valence-electron chi connectivity index (χ1n) is 7.36. The average Bonchev–Trinajstić information content (AvgIpc) is 2.55. The van der Waals surface area contributed by atoms with Crippen LogP contribution in [0, 0.1) is 0 Å². The maximum atomic E-state index is 12.2. The third-order valence-corrected chi connectivity index (χ3v) is 3.71. The van der Waals surface area contributed by atoms with Crippen LogP contribution in [0.5, 0.6) is 0 Å². The molecule has 5 heteroatoms. The summed E-state index contributed by atoms with van der Waals surface area (Å²) >= 11 is 0. The number of ether oxygens (including phenoxy) is 1. The molecule has 0 bridgehead atoms. The molecular formula is C16H22N2O3. The lowest BCUT2D eigenvalue weighted by Crippen LogP contribution is -2.52. The number of nitrogens with one attached hydrogen (secondary N) is 2. The Morgan fingerprint density at radius 1 is 1.33 bits per heavy atom. The molecule has 114 valence electrons. The Morgan fingerprint density at radius 2 is 2.10 bits per heavy atom. The van der Waals surface area contributed by atoms with E-state index in [9.17, 15) is 9.59 Å². The lowest BCUT2D eigenvalue weighted by molar-refractivity contribution is -0.145. The van der Waals surface area contributed by atoms with Gasteiger partial charge in [0.2, 0.25) is 5.91 Å². The smallest absolute Gasteiger partial charge is 0.328 e. The molecule has 1 aromatic carbocycles. The molecule has 0 saturated carbocycles. The van der Waals surface area contributed by atoms with Crippen molar-refractivity contribution in [2.24, 2.45) is 0 Å². The second-order valence-electron chi connectivity index (χ2n) is 5.28. The Bertz CT molecular complexity index is 470. The van der Waals surface area contributed by atoms with Crippen LogP contribution >= 0.6 is 0 Å². The van der Waals surface area contributed by atoms with Crippen molar-refractivity contribution in [3.8, 4) is 0 Å². The highest BCUT2D eigenvalue weighted by molar-refractivity contribution is 5.87. The van der Waals surface area contributed by atoms with E-state index in [0.717, 1.165) is 31.4 Å². The molecule has 1 aliphatic heterocycles. The van der Waals surface area contributed by atoms with E-state index in [2.05, 4.69) is 10.6 Å². The molecule has 5 nitrogen and oxygen atoms in total. The van der Waals surface area contributed by atoms with Crippen molar-refractivity contribution in [2.75, 3.05) is 13.7 Å². The van der Waals surface area contributed by atoms with Gasteiger partial charge in [-0.15, -0.1) is 0 Å². The molecule has 1 heterocycles. The Balaban J connectivity index is 1.99. The molecule has 1 aromatic rings. The second-order valence-corrected chi connectivity index (χ2v) is 5.28. The van der Waals surface area contributed by atoms with Crippen molar-refractivity contribution in [1.82, 2.24) is 10.6 Å². The van der Waals surface area contributed by atoms with Gasteiger partial charge in [-0.2, -0.15) is 0 Å². The molecule has 1 aliphatic rings. The molecule has 2 rings (SSSR count). The maximum absolute atomic E-state index is 12.2. The zero-order chi connectivity index (χ0) is 15.1. The topological polar surface area (TPSA) is 67.4 Å². The van der Waals surface area contributed by atoms with Crippen LogP contribution in [-0.2, 0) is 20.7 Å². The summed E-state index contributed by atoms with van der Waals surface area (Å²) in [7, 11) is 1.34. The molecule has 0 radical (unpaired) electrons. The number of hydrogen-bond donors (Lipinski definition) is 2. The second kappa shape index (κ2) is 7.78. The van der Waals surface area contributed by atoms with Crippen molar-refractivity contribution in [3.63, 3.8) is 0 Å². The van der Waals surface area contributed by atoms with E-state index in [4.69, 9.17) is 4.74 Å². The van der Waals surface area contributed by atoms with Gasteiger partial charge in [-0.3, -0.25) is 4.79 Å². The summed E-state index contributed by atoms with van der Waals surface area (Å²) in [6, 6.07) is 8.75. The van der Waals surface area contributed by atoms with Gasteiger partial charge in [0.15, 0.2) is 0 Å². The Morgan fingerprint density at radius 3 is 2.71 bits per heavy atom. The Kier molecular flexibility index (Phi) is 5.75. The number of amides is 1. The van der Waals surface area contributed by atoms with E-state index in [1.807, 2.05) is 30.3 Å². The highest BCUT2D eigenvalue weighted by Gasteiger charge is 2.27. The van der Waals surface area contributed by atoms with Crippen molar-refractivity contribution in [3.05, 3.63) is 35.9 Å². The van der Waals surface area contributed by atoms with Crippen LogP contribution in [0.3, 0.4) is 0 Å². The Hall–Kier alpha value is -1.88. The van der Waals surface area contributed by atoms with Crippen molar-refractivity contribution >= 4 is 11.9 Å². The van der Waals surface area contributed by atoms with Crippen LogP contribution in [0.4, 0.5) is 0 Å². The van der Waals surface area contributed by atoms with Gasteiger partial charge in [0.1, 0.15) is 6.04 Å². The third-order valence-electron chi connectivity index (χ3n) is 3.71. The monoisotopic (exact) mass is 290 g/mol. The molecular weight excluding hydrogens is 268 g/mol. The summed E-state index contributed by atoms with van der Waals surface area (Å²) in [5, 5.41) is 5.99.